The molecule has 0 aliphatic rings. The van der Waals surface area contributed by atoms with Crippen LogP contribution < -0.4 is 5.32 Å². The highest BCUT2D eigenvalue weighted by atomic mass is 32.1. The molecule has 102 valence electrons. The summed E-state index contributed by atoms with van der Waals surface area (Å²) in [4.78, 5) is 8.93. The van der Waals surface area contributed by atoms with E-state index in [4.69, 9.17) is 0 Å². The van der Waals surface area contributed by atoms with Gasteiger partial charge in [0.05, 0.1) is 10.7 Å². The van der Waals surface area contributed by atoms with E-state index in [1.165, 1.54) is 10.6 Å². The zero-order valence-corrected chi connectivity index (χ0v) is 12.6. The highest BCUT2D eigenvalue weighted by Crippen LogP contribution is 2.21. The van der Waals surface area contributed by atoms with Gasteiger partial charge in [-0.25, -0.2) is 9.97 Å². The molecule has 0 fully saturated rings. The monoisotopic (exact) mass is 301 g/mol. The van der Waals surface area contributed by atoms with Gasteiger partial charge in [-0.2, -0.15) is 0 Å². The minimum atomic E-state index is 0.822. The van der Waals surface area contributed by atoms with Crippen molar-refractivity contribution in [1.82, 2.24) is 15.3 Å². The fraction of sp³-hybridized carbons (Fsp3) is 0.200. The van der Waals surface area contributed by atoms with Crippen LogP contribution in [0.5, 0.6) is 0 Å². The Morgan fingerprint density at radius 3 is 2.75 bits per heavy atom. The van der Waals surface area contributed by atoms with Crippen LogP contribution >= 0.6 is 22.7 Å². The van der Waals surface area contributed by atoms with Crippen LogP contribution in [0.1, 0.15) is 10.0 Å². The Hall–Kier alpha value is -1.56. The molecule has 2 heterocycles. The summed E-state index contributed by atoms with van der Waals surface area (Å²) in [7, 11) is 0. The molecule has 0 aliphatic carbocycles. The lowest BCUT2D eigenvalue weighted by atomic mass is 10.2. The van der Waals surface area contributed by atoms with Gasteiger partial charge < -0.3 is 5.32 Å². The maximum absolute atomic E-state index is 4.66. The maximum Gasteiger partial charge on any atom is 0.107 e. The number of hydrogen-bond acceptors (Lipinski definition) is 5. The van der Waals surface area contributed by atoms with E-state index in [9.17, 15) is 0 Å². The lowest BCUT2D eigenvalue weighted by molar-refractivity contribution is 0.682. The fourth-order valence-corrected chi connectivity index (χ4v) is 3.29. The molecule has 0 saturated carbocycles. The number of benzene rings is 1. The lowest BCUT2D eigenvalue weighted by Crippen LogP contribution is -2.16. The maximum atomic E-state index is 4.66. The summed E-state index contributed by atoms with van der Waals surface area (Å²) in [5.41, 5.74) is 2.24. The molecule has 0 saturated heterocycles. The van der Waals surface area contributed by atoms with Gasteiger partial charge in [-0.3, -0.25) is 0 Å². The number of aromatic nitrogens is 2. The van der Waals surface area contributed by atoms with Crippen molar-refractivity contribution in [2.45, 2.75) is 13.0 Å². The molecule has 0 spiro atoms. The third kappa shape index (κ3) is 3.50. The number of nitrogens with one attached hydrogen (secondary N) is 1. The van der Waals surface area contributed by atoms with E-state index in [0.717, 1.165) is 30.2 Å². The number of rotatable bonds is 6. The second-order valence-corrected chi connectivity index (χ2v) is 6.27. The van der Waals surface area contributed by atoms with Crippen molar-refractivity contribution in [2.24, 2.45) is 0 Å². The average molecular weight is 301 g/mol. The summed E-state index contributed by atoms with van der Waals surface area (Å²) in [6, 6.07) is 10.3. The summed E-state index contributed by atoms with van der Waals surface area (Å²) >= 11 is 3.41. The average Bonchev–Trinajstić information content (AvgIpc) is 3.16. The Morgan fingerprint density at radius 1 is 1.05 bits per heavy atom. The molecule has 3 nitrogen and oxygen atoms in total. The van der Waals surface area contributed by atoms with Crippen LogP contribution in [0.4, 0.5) is 0 Å². The Morgan fingerprint density at radius 2 is 1.95 bits per heavy atom. The van der Waals surface area contributed by atoms with E-state index in [0.29, 0.717) is 0 Å². The van der Waals surface area contributed by atoms with Crippen LogP contribution in [0.3, 0.4) is 0 Å². The summed E-state index contributed by atoms with van der Waals surface area (Å²) in [6.45, 7) is 1.76. The molecule has 3 rings (SSSR count). The van der Waals surface area contributed by atoms with E-state index in [2.05, 4.69) is 32.8 Å². The molecule has 1 N–H and O–H groups in total. The van der Waals surface area contributed by atoms with Crippen LogP contribution in [0.25, 0.3) is 11.3 Å². The third-order valence-corrected chi connectivity index (χ3v) is 4.58. The summed E-state index contributed by atoms with van der Waals surface area (Å²) in [5.74, 6) is 0. The van der Waals surface area contributed by atoms with E-state index >= 15 is 0 Å². The largest absolute Gasteiger partial charge is 0.310 e. The first-order valence-corrected chi connectivity index (χ1v) is 8.26. The Kier molecular flexibility index (Phi) is 4.53. The third-order valence-electron chi connectivity index (χ3n) is 2.90. The highest BCUT2D eigenvalue weighted by molar-refractivity contribution is 7.10. The number of nitrogens with zero attached hydrogens (tertiary/aromatic N) is 2. The van der Waals surface area contributed by atoms with Gasteiger partial charge in [-0.1, -0.05) is 30.3 Å². The number of thiazole rings is 2. The fourth-order valence-electron chi connectivity index (χ4n) is 1.90. The first kappa shape index (κ1) is 13.4. The van der Waals surface area contributed by atoms with E-state index in [1.54, 1.807) is 22.7 Å². The summed E-state index contributed by atoms with van der Waals surface area (Å²) in [5, 5.41) is 9.86. The van der Waals surface area contributed by atoms with Crippen molar-refractivity contribution in [1.29, 1.82) is 0 Å². The smallest absolute Gasteiger partial charge is 0.107 e. The predicted molar refractivity (Wildman–Crippen MR) is 85.1 cm³/mol. The van der Waals surface area contributed by atoms with E-state index in [-0.39, 0.29) is 0 Å². The van der Waals surface area contributed by atoms with E-state index in [1.807, 2.05) is 29.8 Å². The van der Waals surface area contributed by atoms with Gasteiger partial charge in [0.15, 0.2) is 0 Å². The molecule has 3 aromatic rings. The SMILES string of the molecule is c1ccc(-c2csc(CNCCc3nccs3)n2)cc1. The van der Waals surface area contributed by atoms with Crippen molar-refractivity contribution < 1.29 is 0 Å². The molecule has 0 aliphatic heterocycles. The number of hydrogen-bond donors (Lipinski definition) is 1. The zero-order valence-electron chi connectivity index (χ0n) is 11.0. The summed E-state index contributed by atoms with van der Waals surface area (Å²) < 4.78 is 0. The molecule has 2 aromatic heterocycles. The van der Waals surface area contributed by atoms with Crippen molar-refractivity contribution in [2.75, 3.05) is 6.54 Å². The Labute approximate surface area is 126 Å². The molecule has 0 unspecified atom stereocenters. The van der Waals surface area contributed by atoms with Gasteiger partial charge in [0.2, 0.25) is 0 Å². The second-order valence-electron chi connectivity index (χ2n) is 4.35. The molecular weight excluding hydrogens is 286 g/mol. The minimum absolute atomic E-state index is 0.822. The van der Waals surface area contributed by atoms with Crippen molar-refractivity contribution in [3.05, 3.63) is 57.3 Å². The molecular formula is C15H15N3S2. The molecule has 1 aromatic carbocycles. The van der Waals surface area contributed by atoms with Crippen molar-refractivity contribution >= 4 is 22.7 Å². The first-order valence-electron chi connectivity index (χ1n) is 6.51. The van der Waals surface area contributed by atoms with Crippen LogP contribution in [0.15, 0.2) is 47.3 Å². The predicted octanol–water partition coefficient (Wildman–Crippen LogP) is 3.60. The standard InChI is InChI=1S/C15H15N3S2/c1-2-4-12(5-3-1)13-11-20-15(18-13)10-16-7-6-14-17-8-9-19-14/h1-5,8-9,11,16H,6-7,10H2. The summed E-state index contributed by atoms with van der Waals surface area (Å²) in [6.07, 6.45) is 2.83. The molecule has 20 heavy (non-hydrogen) atoms. The van der Waals surface area contributed by atoms with Crippen LogP contribution in [0.2, 0.25) is 0 Å². The van der Waals surface area contributed by atoms with Crippen molar-refractivity contribution in [3.8, 4) is 11.3 Å². The van der Waals surface area contributed by atoms with Crippen LogP contribution in [0, 0.1) is 0 Å². The zero-order chi connectivity index (χ0) is 13.6. The molecule has 0 atom stereocenters. The lowest BCUT2D eigenvalue weighted by Gasteiger charge is -2.00. The van der Waals surface area contributed by atoms with Gasteiger partial charge in [-0.15, -0.1) is 22.7 Å². The Balaban J connectivity index is 1.50. The first-order chi connectivity index (χ1) is 9.92. The minimum Gasteiger partial charge on any atom is -0.310 e. The molecule has 0 bridgehead atoms. The molecule has 5 heteroatoms. The van der Waals surface area contributed by atoms with Gasteiger partial charge in [-0.05, 0) is 0 Å². The molecule has 0 radical (unpaired) electrons. The van der Waals surface area contributed by atoms with Gasteiger partial charge in [0.1, 0.15) is 5.01 Å². The van der Waals surface area contributed by atoms with Gasteiger partial charge in [0.25, 0.3) is 0 Å². The van der Waals surface area contributed by atoms with Crippen LogP contribution in [-0.2, 0) is 13.0 Å². The normalized spacial score (nSPS) is 10.8. The van der Waals surface area contributed by atoms with Crippen LogP contribution in [-0.4, -0.2) is 16.5 Å². The quantitative estimate of drug-likeness (QED) is 0.707. The molecule has 0 amide bonds. The highest BCUT2D eigenvalue weighted by Gasteiger charge is 2.03. The Bertz CT molecular complexity index is 632. The van der Waals surface area contributed by atoms with Gasteiger partial charge >= 0.3 is 0 Å². The van der Waals surface area contributed by atoms with Crippen molar-refractivity contribution in [3.63, 3.8) is 0 Å². The van der Waals surface area contributed by atoms with Gasteiger partial charge in [0, 0.05) is 42.0 Å². The van der Waals surface area contributed by atoms with E-state index < -0.39 is 0 Å². The topological polar surface area (TPSA) is 37.8 Å². The second kappa shape index (κ2) is 6.74.